The summed E-state index contributed by atoms with van der Waals surface area (Å²) in [5.74, 6) is 0.217. The number of rotatable bonds is 7. The van der Waals surface area contributed by atoms with Crippen LogP contribution in [0.1, 0.15) is 52.7 Å². The lowest BCUT2D eigenvalue weighted by Gasteiger charge is -2.34. The maximum atomic E-state index is 12.9. The molecule has 2 aromatic rings. The quantitative estimate of drug-likeness (QED) is 0.606. The number of aryl methyl sites for hydroxylation is 1. The number of amides is 1. The van der Waals surface area contributed by atoms with Crippen LogP contribution in [-0.4, -0.2) is 55.5 Å². The predicted octanol–water partition coefficient (Wildman–Crippen LogP) is 3.68. The smallest absolute Gasteiger partial charge is 0.243 e. The topological polar surface area (TPSA) is 74.8 Å². The van der Waals surface area contributed by atoms with Gasteiger partial charge in [0.2, 0.25) is 15.9 Å². The van der Waals surface area contributed by atoms with Crippen molar-refractivity contribution in [2.75, 3.05) is 26.2 Å². The molecule has 30 heavy (non-hydrogen) atoms. The molecule has 1 saturated heterocycles. The molecule has 0 unspecified atom stereocenters. The number of carbonyl (C=O) groups is 2. The maximum absolute atomic E-state index is 12.9. The number of piperazine rings is 1. The molecule has 1 amide bonds. The average Bonchev–Trinajstić information content (AvgIpc) is 3.18. The van der Waals surface area contributed by atoms with Gasteiger partial charge in [-0.1, -0.05) is 26.0 Å². The third-order valence-corrected chi connectivity index (χ3v) is 8.31. The molecule has 1 fully saturated rings. The number of sulfonamides is 1. The van der Waals surface area contributed by atoms with Crippen LogP contribution in [0.15, 0.2) is 41.3 Å². The molecule has 6 nitrogen and oxygen atoms in total. The van der Waals surface area contributed by atoms with E-state index >= 15 is 0 Å². The average molecular weight is 449 g/mol. The minimum absolute atomic E-state index is 0.0208. The van der Waals surface area contributed by atoms with E-state index in [1.807, 2.05) is 25.1 Å². The number of nitrogens with zero attached hydrogens (tertiary/aromatic N) is 2. The van der Waals surface area contributed by atoms with Crippen molar-refractivity contribution in [1.82, 2.24) is 9.21 Å². The normalized spacial score (nSPS) is 15.5. The number of thiophene rings is 1. The van der Waals surface area contributed by atoms with E-state index in [2.05, 4.69) is 13.8 Å². The first-order valence-corrected chi connectivity index (χ1v) is 12.4. The van der Waals surface area contributed by atoms with E-state index < -0.39 is 10.0 Å². The standard InChI is InChI=1S/C22H28N2O4S2/c1-16(2)18-5-7-19(8-6-18)30(27,28)24-14-12-23(13-15-24)22(26)11-9-20(25)21-10-4-17(3)29-21/h4-8,10,16H,9,11-15H2,1-3H3. The van der Waals surface area contributed by atoms with E-state index in [1.165, 1.54) is 15.6 Å². The van der Waals surface area contributed by atoms with E-state index in [4.69, 9.17) is 0 Å². The minimum Gasteiger partial charge on any atom is -0.340 e. The van der Waals surface area contributed by atoms with Gasteiger partial charge < -0.3 is 4.90 Å². The Kier molecular flexibility index (Phi) is 7.10. The molecule has 0 aliphatic carbocycles. The van der Waals surface area contributed by atoms with Gasteiger partial charge in [-0.15, -0.1) is 11.3 Å². The van der Waals surface area contributed by atoms with Crippen LogP contribution in [0, 0.1) is 6.92 Å². The molecular formula is C22H28N2O4S2. The molecule has 162 valence electrons. The maximum Gasteiger partial charge on any atom is 0.243 e. The summed E-state index contributed by atoms with van der Waals surface area (Å²) >= 11 is 1.44. The number of ketones is 1. The SMILES string of the molecule is Cc1ccc(C(=O)CCC(=O)N2CCN(S(=O)(=O)c3ccc(C(C)C)cc3)CC2)s1. The Labute approximate surface area is 182 Å². The van der Waals surface area contributed by atoms with Gasteiger partial charge in [0.1, 0.15) is 0 Å². The predicted molar refractivity (Wildman–Crippen MR) is 118 cm³/mol. The molecular weight excluding hydrogens is 420 g/mol. The van der Waals surface area contributed by atoms with Crippen molar-refractivity contribution >= 4 is 33.1 Å². The van der Waals surface area contributed by atoms with Gasteiger partial charge in [0, 0.05) is 43.9 Å². The zero-order valence-corrected chi connectivity index (χ0v) is 19.3. The lowest BCUT2D eigenvalue weighted by atomic mass is 10.0. The van der Waals surface area contributed by atoms with Crippen molar-refractivity contribution in [3.63, 3.8) is 0 Å². The van der Waals surface area contributed by atoms with Gasteiger partial charge in [0.05, 0.1) is 9.77 Å². The third kappa shape index (κ3) is 5.17. The fourth-order valence-corrected chi connectivity index (χ4v) is 5.69. The van der Waals surface area contributed by atoms with Gasteiger partial charge in [-0.3, -0.25) is 9.59 Å². The molecule has 0 saturated carbocycles. The van der Waals surface area contributed by atoms with Crippen molar-refractivity contribution < 1.29 is 18.0 Å². The van der Waals surface area contributed by atoms with Gasteiger partial charge in [0.15, 0.2) is 5.78 Å². The van der Waals surface area contributed by atoms with Crippen molar-refractivity contribution in [1.29, 1.82) is 0 Å². The summed E-state index contributed by atoms with van der Waals surface area (Å²) < 4.78 is 27.2. The van der Waals surface area contributed by atoms with E-state index in [1.54, 1.807) is 23.1 Å². The number of hydrogen-bond acceptors (Lipinski definition) is 5. The van der Waals surface area contributed by atoms with Crippen LogP contribution in [0.4, 0.5) is 0 Å². The highest BCUT2D eigenvalue weighted by Gasteiger charge is 2.30. The van der Waals surface area contributed by atoms with Gasteiger partial charge in [-0.05, 0) is 42.7 Å². The van der Waals surface area contributed by atoms with Crippen molar-refractivity contribution in [3.05, 3.63) is 51.7 Å². The Morgan fingerprint density at radius 2 is 1.60 bits per heavy atom. The highest BCUT2D eigenvalue weighted by atomic mass is 32.2. The molecule has 8 heteroatoms. The van der Waals surface area contributed by atoms with Crippen LogP contribution in [0.3, 0.4) is 0 Å². The second kappa shape index (κ2) is 9.41. The highest BCUT2D eigenvalue weighted by molar-refractivity contribution is 7.89. The Bertz CT molecular complexity index is 1000. The summed E-state index contributed by atoms with van der Waals surface area (Å²) in [6.07, 6.45) is 0.332. The first-order valence-electron chi connectivity index (χ1n) is 10.2. The van der Waals surface area contributed by atoms with Crippen molar-refractivity contribution in [3.8, 4) is 0 Å². The zero-order valence-electron chi connectivity index (χ0n) is 17.6. The number of carbonyl (C=O) groups excluding carboxylic acids is 2. The lowest BCUT2D eigenvalue weighted by molar-refractivity contribution is -0.132. The molecule has 0 N–H and O–H groups in total. The molecule has 1 aromatic carbocycles. The van der Waals surface area contributed by atoms with Gasteiger partial charge in [0.25, 0.3) is 0 Å². The third-order valence-electron chi connectivity index (χ3n) is 5.36. The summed E-state index contributed by atoms with van der Waals surface area (Å²) in [7, 11) is -3.57. The molecule has 2 heterocycles. The number of hydrogen-bond donors (Lipinski definition) is 0. The molecule has 3 rings (SSSR count). The molecule has 1 aliphatic heterocycles. The number of Topliss-reactive ketones (excluding diaryl/α,β-unsaturated/α-hetero) is 1. The molecule has 0 radical (unpaired) electrons. The van der Waals surface area contributed by atoms with E-state index in [0.717, 1.165) is 10.4 Å². The summed E-state index contributed by atoms with van der Waals surface area (Å²) in [6, 6.07) is 10.7. The second-order valence-electron chi connectivity index (χ2n) is 7.84. The molecule has 0 atom stereocenters. The Morgan fingerprint density at radius 3 is 2.13 bits per heavy atom. The first kappa shape index (κ1) is 22.7. The summed E-state index contributed by atoms with van der Waals surface area (Å²) in [6.45, 7) is 7.28. The van der Waals surface area contributed by atoms with Crippen molar-refractivity contribution in [2.24, 2.45) is 0 Å². The Hall–Kier alpha value is -2.03. The molecule has 1 aliphatic rings. The van der Waals surface area contributed by atoms with Crippen molar-refractivity contribution in [2.45, 2.75) is 44.4 Å². The van der Waals surface area contributed by atoms with Crippen LogP contribution in [0.25, 0.3) is 0 Å². The molecule has 0 bridgehead atoms. The van der Waals surface area contributed by atoms with Crippen LogP contribution in [0.2, 0.25) is 0 Å². The van der Waals surface area contributed by atoms with Crippen LogP contribution >= 0.6 is 11.3 Å². The fourth-order valence-electron chi connectivity index (χ4n) is 3.44. The highest BCUT2D eigenvalue weighted by Crippen LogP contribution is 2.22. The van der Waals surface area contributed by atoms with Crippen LogP contribution < -0.4 is 0 Å². The van der Waals surface area contributed by atoms with E-state index in [0.29, 0.717) is 23.9 Å². The monoisotopic (exact) mass is 448 g/mol. The van der Waals surface area contributed by atoms with E-state index in [9.17, 15) is 18.0 Å². The van der Waals surface area contributed by atoms with Crippen LogP contribution in [0.5, 0.6) is 0 Å². The van der Waals surface area contributed by atoms with E-state index in [-0.39, 0.29) is 42.5 Å². The summed E-state index contributed by atoms with van der Waals surface area (Å²) in [5.41, 5.74) is 1.09. The summed E-state index contributed by atoms with van der Waals surface area (Å²) in [5, 5.41) is 0. The fraction of sp³-hybridized carbons (Fsp3) is 0.455. The second-order valence-corrected chi connectivity index (χ2v) is 11.1. The molecule has 0 spiro atoms. The zero-order chi connectivity index (χ0) is 21.9. The lowest BCUT2D eigenvalue weighted by Crippen LogP contribution is -2.50. The minimum atomic E-state index is -3.57. The Morgan fingerprint density at radius 1 is 0.967 bits per heavy atom. The van der Waals surface area contributed by atoms with Crippen LogP contribution in [-0.2, 0) is 14.8 Å². The number of benzene rings is 1. The van der Waals surface area contributed by atoms with Gasteiger partial charge in [-0.2, -0.15) is 4.31 Å². The van der Waals surface area contributed by atoms with Gasteiger partial charge >= 0.3 is 0 Å². The Balaban J connectivity index is 1.53. The first-order chi connectivity index (χ1) is 14.2. The van der Waals surface area contributed by atoms with Gasteiger partial charge in [-0.25, -0.2) is 8.42 Å². The summed E-state index contributed by atoms with van der Waals surface area (Å²) in [4.78, 5) is 28.4. The molecule has 1 aromatic heterocycles. The largest absolute Gasteiger partial charge is 0.340 e.